The van der Waals surface area contributed by atoms with Crippen LogP contribution in [0.4, 0.5) is 0 Å². The molecule has 6 nitrogen and oxygen atoms in total. The van der Waals surface area contributed by atoms with Gasteiger partial charge in [-0.1, -0.05) is 5.21 Å². The summed E-state index contributed by atoms with van der Waals surface area (Å²) >= 11 is 0. The van der Waals surface area contributed by atoms with Gasteiger partial charge in [0.15, 0.2) is 0 Å². The van der Waals surface area contributed by atoms with Gasteiger partial charge in [-0.15, -0.1) is 5.10 Å². The average molecular weight is 227 g/mol. The van der Waals surface area contributed by atoms with Crippen molar-refractivity contribution in [2.45, 2.75) is 26.1 Å². The van der Waals surface area contributed by atoms with Crippen molar-refractivity contribution in [1.82, 2.24) is 19.9 Å². The van der Waals surface area contributed by atoms with E-state index in [1.165, 1.54) is 0 Å². The van der Waals surface area contributed by atoms with Gasteiger partial charge in [-0.05, 0) is 14.0 Å². The Morgan fingerprint density at radius 2 is 2.38 bits per heavy atom. The summed E-state index contributed by atoms with van der Waals surface area (Å²) in [5.74, 6) is 0. The minimum atomic E-state index is 0.365. The van der Waals surface area contributed by atoms with E-state index in [2.05, 4.69) is 22.1 Å². The van der Waals surface area contributed by atoms with Crippen LogP contribution in [0.15, 0.2) is 6.20 Å². The monoisotopic (exact) mass is 227 g/mol. The van der Waals surface area contributed by atoms with E-state index in [0.29, 0.717) is 25.7 Å². The molecule has 0 saturated carbocycles. The molecule has 0 fully saturated rings. The summed E-state index contributed by atoms with van der Waals surface area (Å²) in [4.78, 5) is 2.18. The van der Waals surface area contributed by atoms with Gasteiger partial charge in [-0.3, -0.25) is 9.58 Å². The predicted molar refractivity (Wildman–Crippen MR) is 61.9 cm³/mol. The molecule has 1 aromatic rings. The second-order valence-electron chi connectivity index (χ2n) is 3.98. The first kappa shape index (κ1) is 13.1. The Labute approximate surface area is 96.4 Å². The number of hydrogen-bond donors (Lipinski definition) is 1. The normalized spacial score (nSPS) is 13.3. The zero-order valence-electron chi connectivity index (χ0n) is 10.3. The highest BCUT2D eigenvalue weighted by atomic mass is 16.5. The molecule has 6 heteroatoms. The minimum absolute atomic E-state index is 0.365. The molecule has 0 spiro atoms. The Bertz CT molecular complexity index is 301. The molecule has 0 saturated heterocycles. The molecular weight excluding hydrogens is 206 g/mol. The fourth-order valence-corrected chi connectivity index (χ4v) is 1.43. The maximum absolute atomic E-state index is 5.44. The molecule has 0 bridgehead atoms. The number of likely N-dealkylation sites (N-methyl/N-ethyl adjacent to an activating group) is 1. The quantitative estimate of drug-likeness (QED) is 0.693. The van der Waals surface area contributed by atoms with Crippen LogP contribution in [0.2, 0.25) is 0 Å². The zero-order valence-corrected chi connectivity index (χ0v) is 10.3. The minimum Gasteiger partial charge on any atom is -0.383 e. The highest BCUT2D eigenvalue weighted by molar-refractivity contribution is 4.92. The summed E-state index contributed by atoms with van der Waals surface area (Å²) in [7, 11) is 3.76. The van der Waals surface area contributed by atoms with Gasteiger partial charge in [0, 0.05) is 32.4 Å². The van der Waals surface area contributed by atoms with E-state index in [9.17, 15) is 0 Å². The third kappa shape index (κ3) is 3.88. The summed E-state index contributed by atoms with van der Waals surface area (Å²) in [5, 5.41) is 8.09. The largest absolute Gasteiger partial charge is 0.383 e. The molecular formula is C10H21N5O. The van der Waals surface area contributed by atoms with Crippen LogP contribution in [0.1, 0.15) is 12.6 Å². The molecule has 0 radical (unpaired) electrons. The predicted octanol–water partition coefficient (Wildman–Crippen LogP) is -0.296. The van der Waals surface area contributed by atoms with E-state index in [0.717, 1.165) is 12.2 Å². The summed E-state index contributed by atoms with van der Waals surface area (Å²) in [5.41, 5.74) is 6.40. The van der Waals surface area contributed by atoms with Gasteiger partial charge in [0.1, 0.15) is 0 Å². The van der Waals surface area contributed by atoms with Crippen molar-refractivity contribution in [2.24, 2.45) is 5.73 Å². The third-order valence-corrected chi connectivity index (χ3v) is 2.52. The Morgan fingerprint density at radius 3 is 3.00 bits per heavy atom. The fourth-order valence-electron chi connectivity index (χ4n) is 1.43. The first-order chi connectivity index (χ1) is 7.67. The number of nitrogens with zero attached hydrogens (tertiary/aromatic N) is 4. The van der Waals surface area contributed by atoms with Crippen molar-refractivity contribution in [1.29, 1.82) is 0 Å². The van der Waals surface area contributed by atoms with E-state index in [-0.39, 0.29) is 0 Å². The first-order valence-corrected chi connectivity index (χ1v) is 5.45. The van der Waals surface area contributed by atoms with Gasteiger partial charge in [-0.2, -0.15) is 0 Å². The van der Waals surface area contributed by atoms with Crippen LogP contribution in [0.3, 0.4) is 0 Å². The van der Waals surface area contributed by atoms with Crippen molar-refractivity contribution in [3.05, 3.63) is 11.9 Å². The number of ether oxygens (including phenoxy) is 1. The summed E-state index contributed by atoms with van der Waals surface area (Å²) in [6, 6.07) is 0.365. The van der Waals surface area contributed by atoms with E-state index in [4.69, 9.17) is 10.5 Å². The third-order valence-electron chi connectivity index (χ3n) is 2.52. The second-order valence-corrected chi connectivity index (χ2v) is 3.98. The summed E-state index contributed by atoms with van der Waals surface area (Å²) in [6.07, 6.45) is 1.93. The molecule has 0 aromatic carbocycles. The number of aromatic nitrogens is 3. The number of methoxy groups -OCH3 is 1. The number of rotatable bonds is 7. The highest BCUT2D eigenvalue weighted by Crippen LogP contribution is 2.03. The molecule has 0 aliphatic rings. The second kappa shape index (κ2) is 6.57. The van der Waals surface area contributed by atoms with Crippen LogP contribution < -0.4 is 5.73 Å². The van der Waals surface area contributed by atoms with Crippen LogP contribution in [0, 0.1) is 0 Å². The van der Waals surface area contributed by atoms with Gasteiger partial charge in [0.25, 0.3) is 0 Å². The lowest BCUT2D eigenvalue weighted by Gasteiger charge is -2.22. The van der Waals surface area contributed by atoms with E-state index in [1.807, 2.05) is 13.2 Å². The van der Waals surface area contributed by atoms with Crippen molar-refractivity contribution >= 4 is 0 Å². The Hall–Kier alpha value is -0.980. The first-order valence-electron chi connectivity index (χ1n) is 5.45. The molecule has 1 rings (SSSR count). The lowest BCUT2D eigenvalue weighted by atomic mass is 10.3. The molecule has 1 heterocycles. The van der Waals surface area contributed by atoms with Gasteiger partial charge >= 0.3 is 0 Å². The van der Waals surface area contributed by atoms with Crippen LogP contribution >= 0.6 is 0 Å². The molecule has 0 amide bonds. The molecule has 1 unspecified atom stereocenters. The number of nitrogens with two attached hydrogens (primary N) is 1. The smallest absolute Gasteiger partial charge is 0.0967 e. The van der Waals surface area contributed by atoms with Gasteiger partial charge in [0.05, 0.1) is 18.8 Å². The summed E-state index contributed by atoms with van der Waals surface area (Å²) in [6.45, 7) is 4.90. The van der Waals surface area contributed by atoms with Crippen molar-refractivity contribution in [3.63, 3.8) is 0 Å². The van der Waals surface area contributed by atoms with Crippen LogP contribution in [-0.4, -0.2) is 53.2 Å². The van der Waals surface area contributed by atoms with Crippen molar-refractivity contribution in [2.75, 3.05) is 27.3 Å². The van der Waals surface area contributed by atoms with Crippen molar-refractivity contribution in [3.8, 4) is 0 Å². The van der Waals surface area contributed by atoms with E-state index >= 15 is 0 Å². The van der Waals surface area contributed by atoms with Crippen molar-refractivity contribution < 1.29 is 4.74 Å². The maximum atomic E-state index is 5.44. The molecule has 0 aliphatic heterocycles. The van der Waals surface area contributed by atoms with Crippen LogP contribution in [0.5, 0.6) is 0 Å². The Balaban J connectivity index is 2.45. The molecule has 0 aliphatic carbocycles. The molecule has 1 aromatic heterocycles. The maximum Gasteiger partial charge on any atom is 0.0967 e. The Morgan fingerprint density at radius 1 is 1.62 bits per heavy atom. The Kier molecular flexibility index (Phi) is 5.37. The molecule has 2 N–H and O–H groups in total. The van der Waals surface area contributed by atoms with E-state index < -0.39 is 0 Å². The van der Waals surface area contributed by atoms with E-state index in [1.54, 1.807) is 11.8 Å². The highest BCUT2D eigenvalue weighted by Gasteiger charge is 2.11. The van der Waals surface area contributed by atoms with Crippen LogP contribution in [0.25, 0.3) is 0 Å². The summed E-state index contributed by atoms with van der Waals surface area (Å²) < 4.78 is 6.87. The van der Waals surface area contributed by atoms with Crippen LogP contribution in [-0.2, 0) is 17.8 Å². The topological polar surface area (TPSA) is 69.2 Å². The van der Waals surface area contributed by atoms with Gasteiger partial charge in [-0.25, -0.2) is 0 Å². The molecule has 92 valence electrons. The zero-order chi connectivity index (χ0) is 12.0. The number of hydrogen-bond acceptors (Lipinski definition) is 5. The SMILES string of the molecule is COCC(C)N(C)Cc1cn(CCN)nn1. The standard InChI is InChI=1S/C10H21N5O/c1-9(8-16-3)14(2)6-10-7-15(5-4-11)13-12-10/h7,9H,4-6,8,11H2,1-3H3. The molecule has 1 atom stereocenters. The lowest BCUT2D eigenvalue weighted by Crippen LogP contribution is -2.32. The van der Waals surface area contributed by atoms with Gasteiger partial charge in [0.2, 0.25) is 0 Å². The fraction of sp³-hybridized carbons (Fsp3) is 0.800. The average Bonchev–Trinajstić information content (AvgIpc) is 2.66. The van der Waals surface area contributed by atoms with Gasteiger partial charge < -0.3 is 10.5 Å². The lowest BCUT2D eigenvalue weighted by molar-refractivity contribution is 0.111. The molecule has 16 heavy (non-hydrogen) atoms.